The van der Waals surface area contributed by atoms with E-state index in [-0.39, 0.29) is 23.3 Å². The largest absolute Gasteiger partial charge is 0.433 e. The number of anilines is 2. The second-order valence-electron chi connectivity index (χ2n) is 6.43. The second kappa shape index (κ2) is 11.4. The van der Waals surface area contributed by atoms with E-state index < -0.39 is 9.85 Å². The van der Waals surface area contributed by atoms with Gasteiger partial charge in [0, 0.05) is 11.4 Å². The molecule has 2 aromatic heterocycles. The summed E-state index contributed by atoms with van der Waals surface area (Å²) in [5.74, 6) is -0.0967. The predicted molar refractivity (Wildman–Crippen MR) is 134 cm³/mol. The highest BCUT2D eigenvalue weighted by Crippen LogP contribution is 2.19. The third kappa shape index (κ3) is 6.79. The third-order valence-electron chi connectivity index (χ3n) is 4.05. The highest BCUT2D eigenvalue weighted by atomic mass is 32.1. The van der Waals surface area contributed by atoms with Gasteiger partial charge in [-0.1, -0.05) is 60.8 Å². The van der Waals surface area contributed by atoms with Crippen LogP contribution in [0.25, 0.3) is 0 Å². The molecule has 0 aliphatic carbocycles. The Hall–Kier alpha value is -4.42. The Kier molecular flexibility index (Phi) is 8.16. The molecule has 172 valence electrons. The summed E-state index contributed by atoms with van der Waals surface area (Å²) in [7, 11) is 0. The van der Waals surface area contributed by atoms with Gasteiger partial charge in [-0.3, -0.25) is 20.2 Å². The Morgan fingerprint density at radius 3 is 1.26 bits per heavy atom. The minimum atomic E-state index is -0.603. The van der Waals surface area contributed by atoms with E-state index in [9.17, 15) is 20.2 Å². The van der Waals surface area contributed by atoms with Gasteiger partial charge >= 0.3 is 11.8 Å². The fraction of sp³-hybridized carbons (Fsp3) is 0. The zero-order valence-corrected chi connectivity index (χ0v) is 18.9. The van der Waals surface area contributed by atoms with E-state index in [4.69, 9.17) is 33.3 Å². The molecule has 0 unspecified atom stereocenters. The Morgan fingerprint density at radius 1 is 0.618 bits per heavy atom. The molecule has 12 heteroatoms. The van der Waals surface area contributed by atoms with Crippen LogP contribution < -0.4 is 10.6 Å². The number of hydrogen-bond donors (Lipinski definition) is 2. The number of rotatable bonds is 6. The van der Waals surface area contributed by atoms with E-state index in [1.165, 1.54) is 24.3 Å². The number of furan rings is 2. The predicted octanol–water partition coefficient (Wildman–Crippen LogP) is 5.95. The number of para-hydroxylation sites is 2. The summed E-state index contributed by atoms with van der Waals surface area (Å²) in [5, 5.41) is 26.7. The van der Waals surface area contributed by atoms with Gasteiger partial charge in [0.15, 0.2) is 11.5 Å². The van der Waals surface area contributed by atoms with Gasteiger partial charge in [-0.25, -0.2) is 0 Å². The number of benzene rings is 2. The van der Waals surface area contributed by atoms with Crippen LogP contribution in [0.3, 0.4) is 0 Å². The van der Waals surface area contributed by atoms with Gasteiger partial charge < -0.3 is 19.5 Å². The fourth-order valence-electron chi connectivity index (χ4n) is 2.52. The van der Waals surface area contributed by atoms with Crippen LogP contribution in [0.15, 0.2) is 93.8 Å². The average molecular weight is 497 g/mol. The highest BCUT2D eigenvalue weighted by Gasteiger charge is 2.15. The Labute approximate surface area is 203 Å². The van der Waals surface area contributed by atoms with Gasteiger partial charge in [-0.2, -0.15) is 0 Å². The minimum Gasteiger partial charge on any atom is -0.398 e. The van der Waals surface area contributed by atoms with Crippen LogP contribution in [0.2, 0.25) is 0 Å². The number of thiocarbonyl (C=S) groups is 2. The molecule has 0 amide bonds. The average Bonchev–Trinajstić information content (AvgIpc) is 3.52. The van der Waals surface area contributed by atoms with Gasteiger partial charge in [0.05, 0.1) is 12.1 Å². The van der Waals surface area contributed by atoms with Crippen LogP contribution in [0.1, 0.15) is 11.5 Å². The maximum absolute atomic E-state index is 10.4. The maximum Gasteiger partial charge on any atom is 0.433 e. The zero-order valence-electron chi connectivity index (χ0n) is 17.2. The minimum absolute atomic E-state index is 0.274. The molecule has 0 fully saturated rings. The monoisotopic (exact) mass is 496 g/mol. The molecule has 0 aliphatic heterocycles. The molecule has 0 saturated heterocycles. The van der Waals surface area contributed by atoms with Crippen LogP contribution in [-0.2, 0) is 0 Å². The van der Waals surface area contributed by atoms with Crippen molar-refractivity contribution in [3.63, 3.8) is 0 Å². The molecule has 2 heterocycles. The second-order valence-corrected chi connectivity index (χ2v) is 7.25. The van der Waals surface area contributed by atoms with Crippen molar-refractivity contribution in [1.82, 2.24) is 0 Å². The summed E-state index contributed by atoms with van der Waals surface area (Å²) >= 11 is 10.1. The molecule has 2 aromatic carbocycles. The summed E-state index contributed by atoms with van der Waals surface area (Å²) in [4.78, 5) is 20.3. The van der Waals surface area contributed by atoms with E-state index in [0.29, 0.717) is 9.98 Å². The lowest BCUT2D eigenvalue weighted by Crippen LogP contribution is -2.09. The van der Waals surface area contributed by atoms with Crippen LogP contribution >= 0.6 is 24.4 Å². The first-order chi connectivity index (χ1) is 16.3. The molecule has 10 nitrogen and oxygen atoms in total. The topological polar surface area (TPSA) is 137 Å². The normalized spacial score (nSPS) is 9.88. The molecule has 0 saturated carbocycles. The van der Waals surface area contributed by atoms with Gasteiger partial charge in [0.25, 0.3) is 0 Å². The van der Waals surface area contributed by atoms with Gasteiger partial charge in [0.2, 0.25) is 0 Å². The van der Waals surface area contributed by atoms with Gasteiger partial charge in [-0.15, -0.1) is 0 Å². The third-order valence-corrected chi connectivity index (χ3v) is 4.66. The molecule has 34 heavy (non-hydrogen) atoms. The first-order valence-electron chi connectivity index (χ1n) is 9.54. The number of nitro groups is 2. The van der Waals surface area contributed by atoms with Crippen molar-refractivity contribution in [1.29, 1.82) is 0 Å². The molecule has 0 bridgehead atoms. The van der Waals surface area contributed by atoms with Gasteiger partial charge in [-0.05, 0) is 36.4 Å². The Balaban J connectivity index is 0.000000191. The van der Waals surface area contributed by atoms with Crippen LogP contribution in [-0.4, -0.2) is 19.8 Å². The lowest BCUT2D eigenvalue weighted by Gasteiger charge is -2.04. The lowest BCUT2D eigenvalue weighted by atomic mass is 10.3. The number of nitrogens with one attached hydrogen (secondary N) is 2. The molecule has 0 aliphatic rings. The van der Waals surface area contributed by atoms with Crippen molar-refractivity contribution in [2.75, 3.05) is 10.6 Å². The molecule has 0 spiro atoms. The molecule has 2 N–H and O–H groups in total. The maximum atomic E-state index is 10.4. The van der Waals surface area contributed by atoms with Crippen molar-refractivity contribution in [3.8, 4) is 0 Å². The van der Waals surface area contributed by atoms with Crippen molar-refractivity contribution in [2.45, 2.75) is 0 Å². The molecular formula is C22H16N4O6S2. The lowest BCUT2D eigenvalue weighted by molar-refractivity contribution is -0.402. The number of hydrogen-bond acceptors (Lipinski definition) is 8. The Morgan fingerprint density at radius 2 is 0.971 bits per heavy atom. The summed E-state index contributed by atoms with van der Waals surface area (Å²) in [6.45, 7) is 0. The van der Waals surface area contributed by atoms with E-state index in [2.05, 4.69) is 10.6 Å². The summed E-state index contributed by atoms with van der Waals surface area (Å²) < 4.78 is 9.95. The van der Waals surface area contributed by atoms with E-state index in [0.717, 1.165) is 11.4 Å². The molecule has 4 aromatic rings. The quantitative estimate of drug-likeness (QED) is 0.187. The summed E-state index contributed by atoms with van der Waals surface area (Å²) in [6.07, 6.45) is 0. The standard InChI is InChI=1S/2C11H8N2O3S/c2*14-13(15)10-7-6-9(16-10)11(17)12-8-4-2-1-3-5-8/h2*1-7H,(H,12,17). The van der Waals surface area contributed by atoms with E-state index in [1.54, 1.807) is 0 Å². The Bertz CT molecular complexity index is 1200. The van der Waals surface area contributed by atoms with Gasteiger partial charge in [0.1, 0.15) is 19.8 Å². The molecule has 0 atom stereocenters. The number of nitrogens with zero attached hydrogens (tertiary/aromatic N) is 2. The molecule has 4 rings (SSSR count). The highest BCUT2D eigenvalue weighted by molar-refractivity contribution is 7.81. The van der Waals surface area contributed by atoms with Crippen LogP contribution in [0, 0.1) is 20.2 Å². The van der Waals surface area contributed by atoms with E-state index in [1.807, 2.05) is 60.7 Å². The van der Waals surface area contributed by atoms with E-state index >= 15 is 0 Å². The van der Waals surface area contributed by atoms with Crippen molar-refractivity contribution in [2.24, 2.45) is 0 Å². The molecule has 0 radical (unpaired) electrons. The van der Waals surface area contributed by atoms with Crippen molar-refractivity contribution < 1.29 is 18.7 Å². The van der Waals surface area contributed by atoms with Crippen molar-refractivity contribution >= 4 is 57.6 Å². The van der Waals surface area contributed by atoms with Crippen LogP contribution in [0.4, 0.5) is 23.1 Å². The smallest absolute Gasteiger partial charge is 0.398 e. The summed E-state index contributed by atoms with van der Waals surface area (Å²) in [5.41, 5.74) is 1.60. The first kappa shape index (κ1) is 24.2. The van der Waals surface area contributed by atoms with Crippen LogP contribution in [0.5, 0.6) is 0 Å². The van der Waals surface area contributed by atoms with Crippen molar-refractivity contribution in [3.05, 3.63) is 117 Å². The SMILES string of the molecule is O=[N+]([O-])c1ccc(C(=S)Nc2ccccc2)o1.O=[N+]([O-])c1ccc(C(=S)Nc2ccccc2)o1. The summed E-state index contributed by atoms with van der Waals surface area (Å²) in [6, 6.07) is 24.0. The molecular weight excluding hydrogens is 480 g/mol. The fourth-order valence-corrected chi connectivity index (χ4v) is 2.98. The zero-order chi connectivity index (χ0) is 24.5. The first-order valence-corrected chi connectivity index (χ1v) is 10.4.